The quantitative estimate of drug-likeness (QED) is 0.757. The molecule has 1 unspecified atom stereocenters. The SMILES string of the molecule is CC(=O)N1CCC(N(Cc2cncs2)C(=O)C(C)c2cccc(Cl)c2)CC1. The largest absolute Gasteiger partial charge is 0.343 e. The number of piperidine rings is 1. The second kappa shape index (κ2) is 8.85. The third-order valence-corrected chi connectivity index (χ3v) is 6.16. The van der Waals surface area contributed by atoms with Crippen molar-refractivity contribution in [2.75, 3.05) is 13.1 Å². The van der Waals surface area contributed by atoms with Crippen molar-refractivity contribution in [3.63, 3.8) is 0 Å². The first-order valence-corrected chi connectivity index (χ1v) is 10.4. The Morgan fingerprint density at radius 2 is 2.11 bits per heavy atom. The number of thiazole rings is 1. The fourth-order valence-electron chi connectivity index (χ4n) is 3.53. The summed E-state index contributed by atoms with van der Waals surface area (Å²) >= 11 is 7.67. The van der Waals surface area contributed by atoms with Gasteiger partial charge in [0.25, 0.3) is 0 Å². The van der Waals surface area contributed by atoms with Crippen LogP contribution in [0.4, 0.5) is 0 Å². The highest BCUT2D eigenvalue weighted by Gasteiger charge is 2.31. The molecule has 0 N–H and O–H groups in total. The molecule has 5 nitrogen and oxygen atoms in total. The van der Waals surface area contributed by atoms with Gasteiger partial charge in [0.2, 0.25) is 11.8 Å². The van der Waals surface area contributed by atoms with E-state index in [4.69, 9.17) is 11.6 Å². The number of benzene rings is 1. The maximum atomic E-state index is 13.4. The number of carbonyl (C=O) groups excluding carboxylic acids is 2. The maximum absolute atomic E-state index is 13.4. The summed E-state index contributed by atoms with van der Waals surface area (Å²) in [4.78, 5) is 34.0. The van der Waals surface area contributed by atoms with Gasteiger partial charge in [-0.2, -0.15) is 0 Å². The van der Waals surface area contributed by atoms with E-state index in [1.54, 1.807) is 23.8 Å². The van der Waals surface area contributed by atoms with Crippen LogP contribution in [0.25, 0.3) is 0 Å². The highest BCUT2D eigenvalue weighted by atomic mass is 35.5. The zero-order chi connectivity index (χ0) is 19.4. The normalized spacial score (nSPS) is 16.2. The first kappa shape index (κ1) is 19.8. The molecule has 2 amide bonds. The van der Waals surface area contributed by atoms with Gasteiger partial charge in [-0.25, -0.2) is 0 Å². The average molecular weight is 406 g/mol. The molecule has 0 saturated carbocycles. The molecule has 1 aliphatic heterocycles. The molecular weight excluding hydrogens is 382 g/mol. The molecule has 3 rings (SSSR count). The number of carbonyl (C=O) groups is 2. The summed E-state index contributed by atoms with van der Waals surface area (Å²) in [6, 6.07) is 7.61. The molecule has 2 aromatic rings. The standard InChI is InChI=1S/C20H24ClN3O2S/c1-14(16-4-3-5-17(21)10-16)20(26)24(12-19-11-22-13-27-19)18-6-8-23(9-7-18)15(2)25/h3-5,10-11,13-14,18H,6-9,12H2,1-2H3. The number of aromatic nitrogens is 1. The molecule has 0 radical (unpaired) electrons. The summed E-state index contributed by atoms with van der Waals surface area (Å²) in [5, 5.41) is 0.635. The number of likely N-dealkylation sites (tertiary alicyclic amines) is 1. The van der Waals surface area contributed by atoms with Crippen LogP contribution >= 0.6 is 22.9 Å². The Morgan fingerprint density at radius 3 is 2.70 bits per heavy atom. The molecule has 27 heavy (non-hydrogen) atoms. The van der Waals surface area contributed by atoms with Gasteiger partial charge < -0.3 is 9.80 Å². The zero-order valence-electron chi connectivity index (χ0n) is 15.6. The van der Waals surface area contributed by atoms with Crippen molar-refractivity contribution in [1.29, 1.82) is 0 Å². The Morgan fingerprint density at radius 1 is 1.37 bits per heavy atom. The van der Waals surface area contributed by atoms with E-state index in [1.807, 2.05) is 47.2 Å². The van der Waals surface area contributed by atoms with Gasteiger partial charge in [0.05, 0.1) is 18.0 Å². The van der Waals surface area contributed by atoms with Crippen LogP contribution in [-0.2, 0) is 16.1 Å². The zero-order valence-corrected chi connectivity index (χ0v) is 17.2. The first-order valence-electron chi connectivity index (χ1n) is 9.14. The summed E-state index contributed by atoms with van der Waals surface area (Å²) in [6.07, 6.45) is 3.42. The minimum absolute atomic E-state index is 0.0898. The molecule has 0 bridgehead atoms. The van der Waals surface area contributed by atoms with E-state index in [-0.39, 0.29) is 23.8 Å². The number of amides is 2. The van der Waals surface area contributed by atoms with Crippen molar-refractivity contribution < 1.29 is 9.59 Å². The van der Waals surface area contributed by atoms with Gasteiger partial charge >= 0.3 is 0 Å². The number of halogens is 1. The molecule has 7 heteroatoms. The van der Waals surface area contributed by atoms with Crippen molar-refractivity contribution in [2.24, 2.45) is 0 Å². The van der Waals surface area contributed by atoms with Crippen LogP contribution in [-0.4, -0.2) is 45.7 Å². The number of rotatable bonds is 5. The van der Waals surface area contributed by atoms with Crippen LogP contribution in [0.5, 0.6) is 0 Å². The van der Waals surface area contributed by atoms with Crippen LogP contribution in [0, 0.1) is 0 Å². The Labute approximate surface area is 169 Å². The molecule has 1 atom stereocenters. The average Bonchev–Trinajstić information content (AvgIpc) is 3.18. The molecule has 1 aromatic carbocycles. The lowest BCUT2D eigenvalue weighted by Gasteiger charge is -2.39. The molecule has 144 valence electrons. The third kappa shape index (κ3) is 4.87. The van der Waals surface area contributed by atoms with Crippen molar-refractivity contribution in [1.82, 2.24) is 14.8 Å². The number of hydrogen-bond donors (Lipinski definition) is 0. The van der Waals surface area contributed by atoms with E-state index >= 15 is 0 Å². The van der Waals surface area contributed by atoms with Gasteiger partial charge in [-0.1, -0.05) is 23.7 Å². The molecule has 0 spiro atoms. The molecule has 1 aromatic heterocycles. The van der Waals surface area contributed by atoms with E-state index in [2.05, 4.69) is 4.98 Å². The van der Waals surface area contributed by atoms with Gasteiger partial charge in [0.15, 0.2) is 0 Å². The van der Waals surface area contributed by atoms with Crippen LogP contribution < -0.4 is 0 Å². The Balaban J connectivity index is 1.79. The van der Waals surface area contributed by atoms with Crippen molar-refractivity contribution in [2.45, 2.75) is 45.2 Å². The Kier molecular flexibility index (Phi) is 6.50. The molecule has 1 fully saturated rings. The third-order valence-electron chi connectivity index (χ3n) is 5.16. The van der Waals surface area contributed by atoms with Gasteiger partial charge in [-0.3, -0.25) is 14.6 Å². The fraction of sp³-hybridized carbons (Fsp3) is 0.450. The minimum atomic E-state index is -0.276. The summed E-state index contributed by atoms with van der Waals surface area (Å²) in [6.45, 7) is 5.47. The lowest BCUT2D eigenvalue weighted by atomic mass is 9.96. The van der Waals surface area contributed by atoms with Crippen LogP contribution in [0.3, 0.4) is 0 Å². The van der Waals surface area contributed by atoms with Gasteiger partial charge in [0.1, 0.15) is 0 Å². The number of hydrogen-bond acceptors (Lipinski definition) is 4. The monoisotopic (exact) mass is 405 g/mol. The first-order chi connectivity index (χ1) is 13.0. The summed E-state index contributed by atoms with van der Waals surface area (Å²) < 4.78 is 0. The fourth-order valence-corrected chi connectivity index (χ4v) is 4.33. The molecule has 0 aliphatic carbocycles. The second-order valence-corrected chi connectivity index (χ2v) is 8.36. The smallest absolute Gasteiger partial charge is 0.230 e. The number of nitrogens with zero attached hydrogens (tertiary/aromatic N) is 3. The van der Waals surface area contributed by atoms with E-state index in [0.717, 1.165) is 23.3 Å². The minimum Gasteiger partial charge on any atom is -0.343 e. The highest BCUT2D eigenvalue weighted by molar-refractivity contribution is 7.09. The Hall–Kier alpha value is -1.92. The molecule has 1 saturated heterocycles. The molecular formula is C20H24ClN3O2S. The van der Waals surface area contributed by atoms with Gasteiger partial charge in [-0.05, 0) is 37.5 Å². The topological polar surface area (TPSA) is 53.5 Å². The van der Waals surface area contributed by atoms with Crippen molar-refractivity contribution in [3.05, 3.63) is 51.4 Å². The van der Waals surface area contributed by atoms with E-state index in [0.29, 0.717) is 24.7 Å². The van der Waals surface area contributed by atoms with Crippen LogP contribution in [0.1, 0.15) is 43.0 Å². The van der Waals surface area contributed by atoms with Gasteiger partial charge in [0, 0.05) is 42.2 Å². The van der Waals surface area contributed by atoms with Gasteiger partial charge in [-0.15, -0.1) is 11.3 Å². The van der Waals surface area contributed by atoms with E-state index in [9.17, 15) is 9.59 Å². The highest BCUT2D eigenvalue weighted by Crippen LogP contribution is 2.27. The second-order valence-electron chi connectivity index (χ2n) is 6.95. The maximum Gasteiger partial charge on any atom is 0.230 e. The summed E-state index contributed by atoms with van der Waals surface area (Å²) in [7, 11) is 0. The van der Waals surface area contributed by atoms with E-state index in [1.165, 1.54) is 0 Å². The van der Waals surface area contributed by atoms with Crippen LogP contribution in [0.15, 0.2) is 36.0 Å². The summed E-state index contributed by atoms with van der Waals surface area (Å²) in [5.74, 6) is -0.0875. The lowest BCUT2D eigenvalue weighted by Crippen LogP contribution is -2.49. The molecule has 2 heterocycles. The predicted octanol–water partition coefficient (Wildman–Crippen LogP) is 3.94. The van der Waals surface area contributed by atoms with E-state index < -0.39 is 0 Å². The lowest BCUT2D eigenvalue weighted by molar-refractivity contribution is -0.137. The van der Waals surface area contributed by atoms with Crippen LogP contribution in [0.2, 0.25) is 5.02 Å². The Bertz CT molecular complexity index is 788. The predicted molar refractivity (Wildman–Crippen MR) is 108 cm³/mol. The van der Waals surface area contributed by atoms with Crippen molar-refractivity contribution >= 4 is 34.8 Å². The van der Waals surface area contributed by atoms with Crippen molar-refractivity contribution in [3.8, 4) is 0 Å². The summed E-state index contributed by atoms with van der Waals surface area (Å²) in [5.41, 5.74) is 2.71. The molecule has 1 aliphatic rings.